The maximum absolute atomic E-state index is 8.00. The zero-order chi connectivity index (χ0) is 21.0. The number of allylic oxidation sites excluding steroid dienone is 8. The molecule has 159 valence electrons. The predicted octanol–water partition coefficient (Wildman–Crippen LogP) is 9.48. The molecule has 0 saturated heterocycles. The summed E-state index contributed by atoms with van der Waals surface area (Å²) in [7, 11) is 16.0. The first-order valence-electron chi connectivity index (χ1n) is 11.6. The standard InChI is InChI=1S/2C11H17.C2H7Si.2ClH.Zr/c2*1-3-5-10-7-8-11(9-10)6-4-2;1-3-2;;;/h2*7-9H,3-6H2,1-2H3;3H,1-2H3;2*1H;/q;;;;;+2/p-2. The molecule has 0 bridgehead atoms. The Kier molecular flexibility index (Phi) is 9.16. The zero-order valence-electron chi connectivity index (χ0n) is 19.0. The van der Waals surface area contributed by atoms with Crippen LogP contribution in [0.1, 0.15) is 79.1 Å². The average Bonchev–Trinajstić information content (AvgIpc) is 3.22. The fourth-order valence-electron chi connectivity index (χ4n) is 5.25. The number of halogens is 2. The van der Waals surface area contributed by atoms with Gasteiger partial charge in [0.25, 0.3) is 0 Å². The van der Waals surface area contributed by atoms with Crippen LogP contribution in [0.3, 0.4) is 0 Å². The van der Waals surface area contributed by atoms with Crippen molar-refractivity contribution in [2.45, 2.75) is 99.4 Å². The fourth-order valence-corrected chi connectivity index (χ4v) is 33.9. The van der Waals surface area contributed by atoms with Gasteiger partial charge in [-0.1, -0.05) is 0 Å². The molecule has 4 heteroatoms. The summed E-state index contributed by atoms with van der Waals surface area (Å²) in [4.78, 5) is 0. The van der Waals surface area contributed by atoms with Crippen LogP contribution in [0.4, 0.5) is 0 Å². The van der Waals surface area contributed by atoms with Crippen LogP contribution in [0.5, 0.6) is 0 Å². The van der Waals surface area contributed by atoms with Gasteiger partial charge in [0.1, 0.15) is 0 Å². The summed E-state index contributed by atoms with van der Waals surface area (Å²) in [6.45, 7) is 14.0. The molecule has 0 amide bonds. The van der Waals surface area contributed by atoms with E-state index in [9.17, 15) is 0 Å². The van der Waals surface area contributed by atoms with E-state index in [0.717, 1.165) is 25.7 Å². The molecule has 0 aromatic carbocycles. The normalized spacial score (nSPS) is 24.0. The third-order valence-electron chi connectivity index (χ3n) is 6.75. The fraction of sp³-hybridized carbons (Fsp3) is 0.667. The van der Waals surface area contributed by atoms with Crippen molar-refractivity contribution in [3.63, 3.8) is 0 Å². The molecule has 2 atom stereocenters. The molecule has 0 aromatic rings. The van der Waals surface area contributed by atoms with Gasteiger partial charge >= 0.3 is 185 Å². The first kappa shape index (κ1) is 24.9. The second-order valence-corrected chi connectivity index (χ2v) is 52.0. The van der Waals surface area contributed by atoms with Gasteiger partial charge in [-0.25, -0.2) is 0 Å². The van der Waals surface area contributed by atoms with E-state index < -0.39 is 21.5 Å². The van der Waals surface area contributed by atoms with Gasteiger partial charge < -0.3 is 0 Å². The minimum absolute atomic E-state index is 0.348. The van der Waals surface area contributed by atoms with E-state index in [1.807, 2.05) is 0 Å². The summed E-state index contributed by atoms with van der Waals surface area (Å²) < 4.78 is 0.695. The van der Waals surface area contributed by atoms with Gasteiger partial charge in [-0.05, 0) is 0 Å². The molecule has 2 aliphatic rings. The molecule has 0 N–H and O–H groups in total. The summed E-state index contributed by atoms with van der Waals surface area (Å²) in [5.74, 6) is -1.27. The maximum atomic E-state index is 8.00. The molecule has 0 radical (unpaired) electrons. The van der Waals surface area contributed by atoms with Gasteiger partial charge in [0.2, 0.25) is 0 Å². The molecule has 0 aliphatic heterocycles. The van der Waals surface area contributed by atoms with Crippen LogP contribution >= 0.6 is 17.0 Å². The Hall–Kier alpha value is 0.640. The van der Waals surface area contributed by atoms with E-state index >= 15 is 0 Å². The predicted molar refractivity (Wildman–Crippen MR) is 130 cm³/mol. The van der Waals surface area contributed by atoms with Crippen LogP contribution in [-0.4, -0.2) is 5.92 Å². The monoisotopic (exact) mass is 517 g/mol. The van der Waals surface area contributed by atoms with Crippen LogP contribution in [-0.2, 0) is 15.6 Å². The van der Waals surface area contributed by atoms with Crippen molar-refractivity contribution in [2.24, 2.45) is 0 Å². The van der Waals surface area contributed by atoms with Crippen molar-refractivity contribution < 1.29 is 15.6 Å². The van der Waals surface area contributed by atoms with E-state index in [0.29, 0.717) is 7.25 Å². The van der Waals surface area contributed by atoms with E-state index in [-0.39, 0.29) is 0 Å². The molecule has 2 unspecified atom stereocenters. The second kappa shape index (κ2) is 10.3. The molecule has 0 aromatic heterocycles. The SMILES string of the molecule is CCCC1=C[CH]([Zr]([Cl])([Cl])([CH]2C=C(CCC)C=C2CCC)[SiH](C)C)C(CCC)=C1. The Morgan fingerprint density at radius 3 is 1.36 bits per heavy atom. The second-order valence-electron chi connectivity index (χ2n) is 9.26. The third-order valence-corrected chi connectivity index (χ3v) is 59.0. The van der Waals surface area contributed by atoms with Crippen molar-refractivity contribution >= 4 is 22.9 Å². The first-order chi connectivity index (χ1) is 13.2. The van der Waals surface area contributed by atoms with Crippen molar-refractivity contribution in [1.82, 2.24) is 0 Å². The molecule has 0 heterocycles. The molecular formula is C24H41Cl2SiZr. The van der Waals surface area contributed by atoms with Gasteiger partial charge in [-0.3, -0.25) is 0 Å². The van der Waals surface area contributed by atoms with Gasteiger partial charge in [0.05, 0.1) is 0 Å². The summed E-state index contributed by atoms with van der Waals surface area (Å²) in [5, 5.41) is 0. The van der Waals surface area contributed by atoms with Crippen molar-refractivity contribution in [3.05, 3.63) is 46.6 Å². The third kappa shape index (κ3) is 4.76. The summed E-state index contributed by atoms with van der Waals surface area (Å²) >= 11 is -4.16. The van der Waals surface area contributed by atoms with Gasteiger partial charge in [0.15, 0.2) is 0 Å². The Balaban J connectivity index is 2.59. The number of hydrogen-bond acceptors (Lipinski definition) is 0. The Labute approximate surface area is 183 Å². The van der Waals surface area contributed by atoms with Gasteiger partial charge in [-0.15, -0.1) is 0 Å². The summed E-state index contributed by atoms with van der Waals surface area (Å²) in [5.41, 5.74) is 6.08. The zero-order valence-corrected chi connectivity index (χ0v) is 24.1. The van der Waals surface area contributed by atoms with Crippen LogP contribution in [0, 0.1) is 0 Å². The Morgan fingerprint density at radius 1 is 0.714 bits per heavy atom. The minimum atomic E-state index is -4.16. The topological polar surface area (TPSA) is 0 Å². The van der Waals surface area contributed by atoms with Crippen molar-refractivity contribution in [3.8, 4) is 0 Å². The quantitative estimate of drug-likeness (QED) is 0.238. The van der Waals surface area contributed by atoms with E-state index in [2.05, 4.69) is 65.1 Å². The molecular weight excluding hydrogens is 478 g/mol. The van der Waals surface area contributed by atoms with Gasteiger partial charge in [-0.2, -0.15) is 0 Å². The molecule has 0 saturated carbocycles. The van der Waals surface area contributed by atoms with Crippen molar-refractivity contribution in [1.29, 1.82) is 0 Å². The van der Waals surface area contributed by atoms with E-state index in [4.69, 9.17) is 17.0 Å². The Morgan fingerprint density at radius 2 is 1.07 bits per heavy atom. The summed E-state index contributed by atoms with van der Waals surface area (Å²) in [6.07, 6.45) is 19.3. The number of rotatable bonds is 11. The molecule has 0 fully saturated rings. The van der Waals surface area contributed by atoms with Crippen LogP contribution in [0.25, 0.3) is 0 Å². The molecule has 2 rings (SSSR count). The van der Waals surface area contributed by atoms with Crippen molar-refractivity contribution in [2.75, 3.05) is 0 Å². The van der Waals surface area contributed by atoms with Crippen LogP contribution in [0.2, 0.25) is 20.3 Å². The van der Waals surface area contributed by atoms with E-state index in [1.54, 1.807) is 11.1 Å². The molecule has 28 heavy (non-hydrogen) atoms. The Bertz CT molecular complexity index is 633. The summed E-state index contributed by atoms with van der Waals surface area (Å²) in [6, 6.07) is 0. The van der Waals surface area contributed by atoms with Crippen LogP contribution < -0.4 is 0 Å². The van der Waals surface area contributed by atoms with E-state index in [1.165, 1.54) is 36.8 Å². The molecule has 0 spiro atoms. The molecule has 2 aliphatic carbocycles. The van der Waals surface area contributed by atoms with Gasteiger partial charge in [0, 0.05) is 0 Å². The molecule has 0 nitrogen and oxygen atoms in total. The first-order valence-corrected chi connectivity index (χ1v) is 27.9. The number of hydrogen-bond donors (Lipinski definition) is 0. The van der Waals surface area contributed by atoms with Crippen LogP contribution in [0.15, 0.2) is 46.6 Å². The average molecular weight is 520 g/mol.